The molecule has 0 spiro atoms. The minimum atomic E-state index is -0.506. The third kappa shape index (κ3) is 4.98. The molecule has 2 aromatic carbocycles. The first-order valence-electron chi connectivity index (χ1n) is 7.95. The van der Waals surface area contributed by atoms with Gasteiger partial charge in [-0.05, 0) is 42.7 Å². The summed E-state index contributed by atoms with van der Waals surface area (Å²) in [6, 6.07) is 15.0. The summed E-state index contributed by atoms with van der Waals surface area (Å²) in [4.78, 5) is 12.5. The standard InChI is InChI=1S/C21H19ClN2O2/c1-14(9-16-7-5-4-6-8-16)10-17(13-23)21(25)24-19-11-15(2)18(22)12-20(19)26-3/h4-12H,1-3H3,(H,24,25)/b14-9+,17-10+. The van der Waals surface area contributed by atoms with E-state index in [0.29, 0.717) is 16.5 Å². The molecule has 0 saturated heterocycles. The summed E-state index contributed by atoms with van der Waals surface area (Å²) in [7, 11) is 1.49. The summed E-state index contributed by atoms with van der Waals surface area (Å²) in [6.07, 6.45) is 3.45. The Hall–Kier alpha value is -3.03. The molecule has 0 fully saturated rings. The summed E-state index contributed by atoms with van der Waals surface area (Å²) >= 11 is 6.07. The largest absolute Gasteiger partial charge is 0.495 e. The molecule has 0 unspecified atom stereocenters. The molecule has 1 amide bonds. The maximum absolute atomic E-state index is 12.5. The number of halogens is 1. The normalized spacial score (nSPS) is 11.7. The third-order valence-electron chi connectivity index (χ3n) is 3.66. The van der Waals surface area contributed by atoms with Gasteiger partial charge in [-0.1, -0.05) is 48.0 Å². The number of nitriles is 1. The van der Waals surface area contributed by atoms with Crippen molar-refractivity contribution in [2.24, 2.45) is 0 Å². The molecule has 0 bridgehead atoms. The van der Waals surface area contributed by atoms with Crippen molar-refractivity contribution in [3.8, 4) is 11.8 Å². The molecule has 0 aliphatic carbocycles. The minimum absolute atomic E-state index is 0.00402. The van der Waals surface area contributed by atoms with E-state index in [1.807, 2.05) is 56.3 Å². The SMILES string of the molecule is COc1cc(Cl)c(C)cc1NC(=O)/C(C#N)=C/C(C)=C/c1ccccc1. The lowest BCUT2D eigenvalue weighted by Crippen LogP contribution is -2.14. The van der Waals surface area contributed by atoms with Crippen LogP contribution in [0, 0.1) is 18.3 Å². The summed E-state index contributed by atoms with van der Waals surface area (Å²) in [5.74, 6) is -0.0730. The highest BCUT2D eigenvalue weighted by Gasteiger charge is 2.14. The Morgan fingerprint density at radius 1 is 1.27 bits per heavy atom. The van der Waals surface area contributed by atoms with E-state index < -0.39 is 5.91 Å². The first-order chi connectivity index (χ1) is 12.4. The number of benzene rings is 2. The number of nitrogens with zero attached hydrogens (tertiary/aromatic N) is 1. The number of carbonyl (C=O) groups is 1. The van der Waals surface area contributed by atoms with Gasteiger partial charge in [-0.2, -0.15) is 5.26 Å². The molecule has 5 heteroatoms. The van der Waals surface area contributed by atoms with Crippen LogP contribution in [0.4, 0.5) is 5.69 Å². The Morgan fingerprint density at radius 2 is 1.96 bits per heavy atom. The summed E-state index contributed by atoms with van der Waals surface area (Å²) in [6.45, 7) is 3.66. The second kappa shape index (κ2) is 8.89. The fourth-order valence-electron chi connectivity index (χ4n) is 2.35. The number of methoxy groups -OCH3 is 1. The summed E-state index contributed by atoms with van der Waals surface area (Å²) < 4.78 is 5.24. The van der Waals surface area contributed by atoms with Crippen LogP contribution in [0.25, 0.3) is 6.08 Å². The molecule has 0 aliphatic rings. The van der Waals surface area contributed by atoms with Gasteiger partial charge >= 0.3 is 0 Å². The number of hydrogen-bond donors (Lipinski definition) is 1. The van der Waals surface area contributed by atoms with Crippen LogP contribution in [0.2, 0.25) is 5.02 Å². The molecule has 0 radical (unpaired) electrons. The highest BCUT2D eigenvalue weighted by molar-refractivity contribution is 6.31. The fourth-order valence-corrected chi connectivity index (χ4v) is 2.50. The van der Waals surface area contributed by atoms with Crippen molar-refractivity contribution in [2.75, 3.05) is 12.4 Å². The van der Waals surface area contributed by atoms with Gasteiger partial charge in [0.05, 0.1) is 12.8 Å². The van der Waals surface area contributed by atoms with Crippen molar-refractivity contribution < 1.29 is 9.53 Å². The van der Waals surface area contributed by atoms with E-state index in [9.17, 15) is 10.1 Å². The fraction of sp³-hybridized carbons (Fsp3) is 0.143. The van der Waals surface area contributed by atoms with Crippen molar-refractivity contribution in [1.82, 2.24) is 0 Å². The van der Waals surface area contributed by atoms with Crippen LogP contribution in [-0.4, -0.2) is 13.0 Å². The number of rotatable bonds is 5. The number of allylic oxidation sites excluding steroid dienone is 2. The lowest BCUT2D eigenvalue weighted by Gasteiger charge is -2.12. The molecule has 26 heavy (non-hydrogen) atoms. The molecule has 2 rings (SSSR count). The topological polar surface area (TPSA) is 62.1 Å². The van der Waals surface area contributed by atoms with E-state index in [1.165, 1.54) is 7.11 Å². The highest BCUT2D eigenvalue weighted by atomic mass is 35.5. The molecular formula is C21H19ClN2O2. The average molecular weight is 367 g/mol. The number of nitrogens with one attached hydrogen (secondary N) is 1. The summed E-state index contributed by atoms with van der Waals surface area (Å²) in [5.41, 5.74) is 3.05. The highest BCUT2D eigenvalue weighted by Crippen LogP contribution is 2.31. The van der Waals surface area contributed by atoms with Crippen LogP contribution in [0.3, 0.4) is 0 Å². The number of aryl methyl sites for hydroxylation is 1. The second-order valence-electron chi connectivity index (χ2n) is 5.72. The van der Waals surface area contributed by atoms with E-state index in [2.05, 4.69) is 5.32 Å². The summed E-state index contributed by atoms with van der Waals surface area (Å²) in [5, 5.41) is 12.6. The molecule has 1 N–H and O–H groups in total. The van der Waals surface area contributed by atoms with E-state index in [1.54, 1.807) is 18.2 Å². The Bertz CT molecular complexity index is 910. The first kappa shape index (κ1) is 19.3. The molecular weight excluding hydrogens is 348 g/mol. The minimum Gasteiger partial charge on any atom is -0.495 e. The zero-order valence-electron chi connectivity index (χ0n) is 14.8. The Kier molecular flexibility index (Phi) is 6.60. The maximum atomic E-state index is 12.5. The van der Waals surface area contributed by atoms with Crippen molar-refractivity contribution in [2.45, 2.75) is 13.8 Å². The number of anilines is 1. The van der Waals surface area contributed by atoms with Crippen LogP contribution in [0.15, 0.2) is 59.7 Å². The first-order valence-corrected chi connectivity index (χ1v) is 8.33. The second-order valence-corrected chi connectivity index (χ2v) is 6.13. The van der Waals surface area contributed by atoms with Gasteiger partial charge in [0.25, 0.3) is 5.91 Å². The smallest absolute Gasteiger partial charge is 0.266 e. The zero-order chi connectivity index (χ0) is 19.1. The van der Waals surface area contributed by atoms with Crippen molar-refractivity contribution in [1.29, 1.82) is 5.26 Å². The predicted octanol–water partition coefficient (Wildman–Crippen LogP) is 5.15. The zero-order valence-corrected chi connectivity index (χ0v) is 15.6. The van der Waals surface area contributed by atoms with Gasteiger partial charge in [-0.3, -0.25) is 4.79 Å². The van der Waals surface area contributed by atoms with Gasteiger partial charge in [0.15, 0.2) is 0 Å². The number of carbonyl (C=O) groups excluding carboxylic acids is 1. The quantitative estimate of drug-likeness (QED) is 0.452. The lowest BCUT2D eigenvalue weighted by molar-refractivity contribution is -0.112. The van der Waals surface area contributed by atoms with Gasteiger partial charge in [0.2, 0.25) is 0 Å². The van der Waals surface area contributed by atoms with Crippen LogP contribution < -0.4 is 10.1 Å². The van der Waals surface area contributed by atoms with E-state index in [4.69, 9.17) is 16.3 Å². The third-order valence-corrected chi connectivity index (χ3v) is 4.07. The van der Waals surface area contributed by atoms with Crippen molar-refractivity contribution >= 4 is 29.3 Å². The molecule has 0 atom stereocenters. The predicted molar refractivity (Wildman–Crippen MR) is 105 cm³/mol. The van der Waals surface area contributed by atoms with Gasteiger partial charge in [0, 0.05) is 11.1 Å². The van der Waals surface area contributed by atoms with Crippen LogP contribution in [0.5, 0.6) is 5.75 Å². The number of hydrogen-bond acceptors (Lipinski definition) is 3. The lowest BCUT2D eigenvalue weighted by atomic mass is 10.1. The van der Waals surface area contributed by atoms with Gasteiger partial charge in [0.1, 0.15) is 17.4 Å². The van der Waals surface area contributed by atoms with Gasteiger partial charge in [-0.15, -0.1) is 0 Å². The van der Waals surface area contributed by atoms with Crippen molar-refractivity contribution in [3.05, 3.63) is 75.8 Å². The Balaban J connectivity index is 2.26. The molecule has 4 nitrogen and oxygen atoms in total. The van der Waals surface area contributed by atoms with Gasteiger partial charge in [-0.25, -0.2) is 0 Å². The number of amides is 1. The molecule has 132 valence electrons. The molecule has 0 saturated carbocycles. The molecule has 0 aromatic heterocycles. The molecule has 2 aromatic rings. The Morgan fingerprint density at radius 3 is 2.58 bits per heavy atom. The van der Waals surface area contributed by atoms with Crippen molar-refractivity contribution in [3.63, 3.8) is 0 Å². The number of ether oxygens (including phenoxy) is 1. The van der Waals surface area contributed by atoms with Crippen LogP contribution >= 0.6 is 11.6 Å². The van der Waals surface area contributed by atoms with E-state index >= 15 is 0 Å². The maximum Gasteiger partial charge on any atom is 0.266 e. The van der Waals surface area contributed by atoms with Crippen LogP contribution in [0.1, 0.15) is 18.1 Å². The van der Waals surface area contributed by atoms with Crippen LogP contribution in [-0.2, 0) is 4.79 Å². The van der Waals surface area contributed by atoms with E-state index in [-0.39, 0.29) is 5.57 Å². The average Bonchev–Trinajstić information content (AvgIpc) is 2.63. The Labute approximate surface area is 158 Å². The molecule has 0 aliphatic heterocycles. The van der Waals surface area contributed by atoms with E-state index in [0.717, 1.165) is 16.7 Å². The van der Waals surface area contributed by atoms with Gasteiger partial charge < -0.3 is 10.1 Å². The molecule has 0 heterocycles. The monoisotopic (exact) mass is 366 g/mol.